The monoisotopic (exact) mass is 225 g/mol. The van der Waals surface area contributed by atoms with Gasteiger partial charge in [-0.05, 0) is 48.6 Å². The lowest BCUT2D eigenvalue weighted by atomic mass is 10.2. The molecule has 0 saturated heterocycles. The smallest absolute Gasteiger partial charge is 0.234 e. The molecule has 2 heterocycles. The summed E-state index contributed by atoms with van der Waals surface area (Å²) in [7, 11) is 0. The molecule has 2 rings (SSSR count). The zero-order valence-electron chi connectivity index (χ0n) is 7.78. The van der Waals surface area contributed by atoms with Gasteiger partial charge in [0.25, 0.3) is 0 Å². The third-order valence-corrected chi connectivity index (χ3v) is 2.98. The van der Waals surface area contributed by atoms with Gasteiger partial charge < -0.3 is 0 Å². The predicted octanol–water partition coefficient (Wildman–Crippen LogP) is 2.87. The molecule has 5 heteroatoms. The van der Waals surface area contributed by atoms with Gasteiger partial charge in [0.15, 0.2) is 5.01 Å². The van der Waals surface area contributed by atoms with Crippen LogP contribution in [-0.4, -0.2) is 14.3 Å². The fourth-order valence-electron chi connectivity index (χ4n) is 1.06. The normalized spacial score (nSPS) is 10.5. The van der Waals surface area contributed by atoms with Crippen molar-refractivity contribution >= 4 is 23.1 Å². The Hall–Kier alpha value is -1.00. The van der Waals surface area contributed by atoms with Crippen molar-refractivity contribution < 1.29 is 0 Å². The molecule has 0 fully saturated rings. The van der Waals surface area contributed by atoms with E-state index in [1.54, 1.807) is 0 Å². The van der Waals surface area contributed by atoms with Crippen LogP contribution in [0.25, 0.3) is 10.7 Å². The van der Waals surface area contributed by atoms with Crippen LogP contribution in [0.2, 0.25) is 5.28 Å². The van der Waals surface area contributed by atoms with Gasteiger partial charge in [0, 0.05) is 5.69 Å². The lowest BCUT2D eigenvalue weighted by Gasteiger charge is -2.00. The van der Waals surface area contributed by atoms with E-state index in [4.69, 9.17) is 11.6 Å². The van der Waals surface area contributed by atoms with E-state index in [0.717, 1.165) is 16.4 Å². The molecule has 0 radical (unpaired) electrons. The van der Waals surface area contributed by atoms with E-state index in [9.17, 15) is 0 Å². The van der Waals surface area contributed by atoms with E-state index in [0.29, 0.717) is 0 Å². The van der Waals surface area contributed by atoms with Crippen molar-refractivity contribution in [3.8, 4) is 10.7 Å². The summed E-state index contributed by atoms with van der Waals surface area (Å²) in [4.78, 5) is 8.47. The van der Waals surface area contributed by atoms with E-state index in [-0.39, 0.29) is 5.28 Å². The molecule has 0 saturated carbocycles. The van der Waals surface area contributed by atoms with E-state index in [1.165, 1.54) is 17.1 Å². The number of aryl methyl sites for hydroxylation is 2. The number of aromatic nitrogens is 3. The van der Waals surface area contributed by atoms with Gasteiger partial charge in [-0.1, -0.05) is 6.07 Å². The highest BCUT2D eigenvalue weighted by atomic mass is 35.5. The third kappa shape index (κ3) is 1.76. The van der Waals surface area contributed by atoms with Crippen LogP contribution in [0.5, 0.6) is 0 Å². The first-order valence-corrected chi connectivity index (χ1v) is 5.26. The van der Waals surface area contributed by atoms with Crippen LogP contribution in [0.1, 0.15) is 11.3 Å². The van der Waals surface area contributed by atoms with Crippen molar-refractivity contribution in [1.82, 2.24) is 14.3 Å². The Morgan fingerprint density at radius 2 is 2.00 bits per heavy atom. The molecule has 0 atom stereocenters. The maximum atomic E-state index is 5.64. The second-order valence-corrected chi connectivity index (χ2v) is 4.06. The fraction of sp³-hybridized carbons (Fsp3) is 0.222. The lowest BCUT2D eigenvalue weighted by Crippen LogP contribution is -1.89. The molecule has 0 aliphatic rings. The van der Waals surface area contributed by atoms with Gasteiger partial charge in [0.05, 0.1) is 0 Å². The zero-order chi connectivity index (χ0) is 10.1. The van der Waals surface area contributed by atoms with Crippen molar-refractivity contribution in [2.45, 2.75) is 13.8 Å². The van der Waals surface area contributed by atoms with Gasteiger partial charge in [-0.15, -0.1) is 0 Å². The van der Waals surface area contributed by atoms with Gasteiger partial charge >= 0.3 is 0 Å². The van der Waals surface area contributed by atoms with Gasteiger partial charge in [0.2, 0.25) is 5.28 Å². The molecule has 0 aromatic carbocycles. The van der Waals surface area contributed by atoms with Crippen LogP contribution in [0.3, 0.4) is 0 Å². The minimum Gasteiger partial charge on any atom is -0.250 e. The Bertz CT molecular complexity index is 467. The molecule has 2 aromatic heterocycles. The number of pyridine rings is 1. The van der Waals surface area contributed by atoms with E-state index >= 15 is 0 Å². The SMILES string of the molecule is Cc1ccc(-c2nc(Cl)ns2)nc1C. The van der Waals surface area contributed by atoms with E-state index in [2.05, 4.69) is 14.3 Å². The first-order chi connectivity index (χ1) is 6.66. The Kier molecular flexibility index (Phi) is 2.48. The number of hydrogen-bond acceptors (Lipinski definition) is 4. The van der Waals surface area contributed by atoms with Crippen LogP contribution >= 0.6 is 23.1 Å². The van der Waals surface area contributed by atoms with Gasteiger partial charge in [-0.25, -0.2) is 4.98 Å². The standard InChI is InChI=1S/C9H8ClN3S/c1-5-3-4-7(11-6(5)2)8-12-9(10)13-14-8/h3-4H,1-2H3. The molecular weight excluding hydrogens is 218 g/mol. The summed E-state index contributed by atoms with van der Waals surface area (Å²) in [6.45, 7) is 4.00. The number of halogens is 1. The molecule has 2 aromatic rings. The van der Waals surface area contributed by atoms with E-state index in [1.807, 2.05) is 26.0 Å². The molecule has 0 N–H and O–H groups in total. The van der Waals surface area contributed by atoms with Crippen molar-refractivity contribution in [1.29, 1.82) is 0 Å². The zero-order valence-corrected chi connectivity index (χ0v) is 9.35. The highest BCUT2D eigenvalue weighted by molar-refractivity contribution is 7.09. The Morgan fingerprint density at radius 1 is 1.21 bits per heavy atom. The fourth-order valence-corrected chi connectivity index (χ4v) is 1.83. The first-order valence-electron chi connectivity index (χ1n) is 4.10. The predicted molar refractivity (Wildman–Crippen MR) is 57.6 cm³/mol. The molecule has 0 unspecified atom stereocenters. The quantitative estimate of drug-likeness (QED) is 0.749. The summed E-state index contributed by atoms with van der Waals surface area (Å²) >= 11 is 6.90. The van der Waals surface area contributed by atoms with Crippen LogP contribution in [0, 0.1) is 13.8 Å². The summed E-state index contributed by atoms with van der Waals surface area (Å²) < 4.78 is 3.90. The second kappa shape index (κ2) is 3.63. The summed E-state index contributed by atoms with van der Waals surface area (Å²) in [5.74, 6) is 0. The first kappa shape index (κ1) is 9.55. The van der Waals surface area contributed by atoms with Crippen LogP contribution in [-0.2, 0) is 0 Å². The molecule has 0 aliphatic carbocycles. The van der Waals surface area contributed by atoms with Gasteiger partial charge in [-0.2, -0.15) is 4.37 Å². The molecule has 0 spiro atoms. The van der Waals surface area contributed by atoms with Gasteiger partial charge in [-0.3, -0.25) is 4.98 Å². The van der Waals surface area contributed by atoms with Crippen molar-refractivity contribution in [3.05, 3.63) is 28.7 Å². The molecule has 0 bridgehead atoms. The average molecular weight is 226 g/mol. The highest BCUT2D eigenvalue weighted by Crippen LogP contribution is 2.21. The lowest BCUT2D eigenvalue weighted by molar-refractivity contribution is 1.15. The third-order valence-electron chi connectivity index (χ3n) is 1.97. The molecular formula is C9H8ClN3S. The Morgan fingerprint density at radius 3 is 2.57 bits per heavy atom. The number of rotatable bonds is 1. The summed E-state index contributed by atoms with van der Waals surface area (Å²) in [6, 6.07) is 3.95. The maximum absolute atomic E-state index is 5.64. The summed E-state index contributed by atoms with van der Waals surface area (Å²) in [5, 5.41) is 1.04. The minimum atomic E-state index is 0.282. The van der Waals surface area contributed by atoms with Gasteiger partial charge in [0.1, 0.15) is 5.69 Å². The van der Waals surface area contributed by atoms with Crippen molar-refractivity contribution in [3.63, 3.8) is 0 Å². The Balaban J connectivity index is 2.47. The van der Waals surface area contributed by atoms with Crippen LogP contribution in [0.15, 0.2) is 12.1 Å². The molecule has 3 nitrogen and oxygen atoms in total. The van der Waals surface area contributed by atoms with E-state index < -0.39 is 0 Å². The summed E-state index contributed by atoms with van der Waals surface area (Å²) in [6.07, 6.45) is 0. The average Bonchev–Trinajstić information content (AvgIpc) is 2.57. The molecule has 14 heavy (non-hydrogen) atoms. The number of nitrogens with zero attached hydrogens (tertiary/aromatic N) is 3. The number of hydrogen-bond donors (Lipinski definition) is 0. The second-order valence-electron chi connectivity index (χ2n) is 2.97. The molecule has 0 aliphatic heterocycles. The minimum absolute atomic E-state index is 0.282. The van der Waals surface area contributed by atoms with Crippen molar-refractivity contribution in [2.75, 3.05) is 0 Å². The molecule has 0 amide bonds. The van der Waals surface area contributed by atoms with Crippen molar-refractivity contribution in [2.24, 2.45) is 0 Å². The Labute approximate surface area is 91.0 Å². The highest BCUT2D eigenvalue weighted by Gasteiger charge is 2.06. The largest absolute Gasteiger partial charge is 0.250 e. The maximum Gasteiger partial charge on any atom is 0.234 e. The summed E-state index contributed by atoms with van der Waals surface area (Å²) in [5.41, 5.74) is 3.01. The van der Waals surface area contributed by atoms with Crippen LogP contribution in [0.4, 0.5) is 0 Å². The van der Waals surface area contributed by atoms with Crippen LogP contribution < -0.4 is 0 Å². The topological polar surface area (TPSA) is 38.7 Å². The molecule has 72 valence electrons.